The Balaban J connectivity index is 1.47. The van der Waals surface area contributed by atoms with Crippen molar-refractivity contribution in [3.63, 3.8) is 0 Å². The fourth-order valence-electron chi connectivity index (χ4n) is 4.64. The van der Waals surface area contributed by atoms with Gasteiger partial charge in [0.1, 0.15) is 18.2 Å². The van der Waals surface area contributed by atoms with E-state index in [2.05, 4.69) is 27.2 Å². The van der Waals surface area contributed by atoms with E-state index in [1.54, 1.807) is 19.5 Å². The number of fused-ring (bicyclic) bond motifs is 1. The largest absolute Gasteiger partial charge is 0.495 e. The summed E-state index contributed by atoms with van der Waals surface area (Å²) in [7, 11) is 1.67. The highest BCUT2D eigenvalue weighted by molar-refractivity contribution is 6.30. The summed E-state index contributed by atoms with van der Waals surface area (Å²) in [6.45, 7) is 3.25. The van der Waals surface area contributed by atoms with E-state index >= 15 is 0 Å². The van der Waals surface area contributed by atoms with Crippen molar-refractivity contribution < 1.29 is 14.0 Å². The molecular weight excluding hydrogens is 455 g/mol. The van der Waals surface area contributed by atoms with Crippen molar-refractivity contribution in [1.29, 1.82) is 0 Å². The molecule has 2 aromatic carbocycles. The molecule has 1 fully saturated rings. The summed E-state index contributed by atoms with van der Waals surface area (Å²) < 4.78 is 21.8. The van der Waals surface area contributed by atoms with Crippen LogP contribution in [0.15, 0.2) is 59.7 Å². The molecule has 8 heteroatoms. The molecule has 176 valence electrons. The second kappa shape index (κ2) is 9.50. The smallest absolute Gasteiger partial charge is 0.171 e. The average Bonchev–Trinajstić information content (AvgIpc) is 3.15. The Morgan fingerprint density at radius 2 is 2.12 bits per heavy atom. The number of imidazole rings is 1. The van der Waals surface area contributed by atoms with Crippen LogP contribution in [0.3, 0.4) is 0 Å². The van der Waals surface area contributed by atoms with Crippen LogP contribution in [0, 0.1) is 12.7 Å². The third-order valence-electron chi connectivity index (χ3n) is 6.28. The standard InChI is InChI=1S/C26H26ClFN4O2/c1-17-15-31(16-29-17)24-8-5-18(13-25(24)33-2)12-20-4-3-10-32-23(9-11-34-30-26(20)32)19-6-7-21(27)22(28)14-19/h5-8,12-16,23H,3-4,9-11H2,1-2H3/b20-12+/t23-/m1/s1. The first kappa shape index (κ1) is 22.5. The Kier molecular flexibility index (Phi) is 6.28. The van der Waals surface area contributed by atoms with Crippen LogP contribution in [0.4, 0.5) is 4.39 Å². The lowest BCUT2D eigenvalue weighted by Crippen LogP contribution is -2.39. The molecule has 34 heavy (non-hydrogen) atoms. The molecule has 0 N–H and O–H groups in total. The van der Waals surface area contributed by atoms with Gasteiger partial charge in [0.25, 0.3) is 0 Å². The minimum Gasteiger partial charge on any atom is -0.495 e. The molecule has 1 aromatic heterocycles. The molecule has 0 amide bonds. The molecule has 0 spiro atoms. The second-order valence-electron chi connectivity index (χ2n) is 8.55. The van der Waals surface area contributed by atoms with E-state index in [1.807, 2.05) is 35.9 Å². The van der Waals surface area contributed by atoms with Gasteiger partial charge in [0.15, 0.2) is 5.84 Å². The zero-order valence-corrected chi connectivity index (χ0v) is 19.9. The molecule has 2 aliphatic heterocycles. The highest BCUT2D eigenvalue weighted by Crippen LogP contribution is 2.35. The van der Waals surface area contributed by atoms with E-state index < -0.39 is 5.82 Å². The van der Waals surface area contributed by atoms with Crippen molar-refractivity contribution in [1.82, 2.24) is 14.5 Å². The first-order valence-corrected chi connectivity index (χ1v) is 11.7. The van der Waals surface area contributed by atoms with Crippen LogP contribution < -0.4 is 4.74 Å². The van der Waals surface area contributed by atoms with Crippen LogP contribution in [-0.2, 0) is 4.84 Å². The Morgan fingerprint density at radius 1 is 1.24 bits per heavy atom. The van der Waals surface area contributed by atoms with Gasteiger partial charge in [-0.2, -0.15) is 0 Å². The van der Waals surface area contributed by atoms with Crippen molar-refractivity contribution in [2.45, 2.75) is 32.2 Å². The lowest BCUT2D eigenvalue weighted by molar-refractivity contribution is 0.140. The average molecular weight is 481 g/mol. The van der Waals surface area contributed by atoms with Crippen molar-refractivity contribution in [3.05, 3.63) is 82.2 Å². The molecule has 0 saturated carbocycles. The fraction of sp³-hybridized carbons (Fsp3) is 0.308. The van der Waals surface area contributed by atoms with E-state index in [0.29, 0.717) is 13.0 Å². The predicted molar refractivity (Wildman–Crippen MR) is 131 cm³/mol. The number of nitrogens with zero attached hydrogens (tertiary/aromatic N) is 4. The van der Waals surface area contributed by atoms with Crippen LogP contribution in [0.1, 0.15) is 42.1 Å². The van der Waals surface area contributed by atoms with Gasteiger partial charge in [-0.15, -0.1) is 0 Å². The molecule has 1 saturated heterocycles. The molecule has 0 radical (unpaired) electrons. The maximum atomic E-state index is 14.2. The van der Waals surface area contributed by atoms with E-state index in [9.17, 15) is 4.39 Å². The van der Waals surface area contributed by atoms with Crippen molar-refractivity contribution in [2.75, 3.05) is 20.3 Å². The summed E-state index contributed by atoms with van der Waals surface area (Å²) in [5.74, 6) is 1.15. The SMILES string of the molecule is COc1cc(/C=C2\CCCN3C2=NOCC[C@@H]3c2ccc(Cl)c(F)c2)ccc1-n1cnc(C)c1. The molecule has 3 heterocycles. The molecule has 1 atom stereocenters. The highest BCUT2D eigenvalue weighted by atomic mass is 35.5. The van der Waals surface area contributed by atoms with Crippen molar-refractivity contribution in [2.24, 2.45) is 5.16 Å². The number of aryl methyl sites for hydroxylation is 1. The van der Waals surface area contributed by atoms with Crippen LogP contribution in [0.5, 0.6) is 5.75 Å². The highest BCUT2D eigenvalue weighted by Gasteiger charge is 2.31. The number of halogens is 2. The molecule has 5 rings (SSSR count). The Labute approximate surface area is 203 Å². The van der Waals surface area contributed by atoms with Gasteiger partial charge in [0.05, 0.1) is 35.9 Å². The van der Waals surface area contributed by atoms with Crippen LogP contribution in [0.25, 0.3) is 11.8 Å². The maximum absolute atomic E-state index is 14.2. The third-order valence-corrected chi connectivity index (χ3v) is 6.58. The zero-order valence-electron chi connectivity index (χ0n) is 19.2. The Bertz CT molecular complexity index is 1270. The number of ether oxygens (including phenoxy) is 1. The first-order chi connectivity index (χ1) is 16.5. The number of piperidine rings is 1. The quantitative estimate of drug-likeness (QED) is 0.464. The number of methoxy groups -OCH3 is 1. The minimum absolute atomic E-state index is 0.0295. The van der Waals surface area contributed by atoms with Crippen molar-refractivity contribution >= 4 is 23.5 Å². The first-order valence-electron chi connectivity index (χ1n) is 11.3. The van der Waals surface area contributed by atoms with Gasteiger partial charge in [-0.3, -0.25) is 0 Å². The lowest BCUT2D eigenvalue weighted by Gasteiger charge is -2.36. The predicted octanol–water partition coefficient (Wildman–Crippen LogP) is 5.94. The summed E-state index contributed by atoms with van der Waals surface area (Å²) in [6.07, 6.45) is 8.44. The molecule has 0 bridgehead atoms. The number of benzene rings is 2. The van der Waals surface area contributed by atoms with E-state index in [4.69, 9.17) is 21.2 Å². The lowest BCUT2D eigenvalue weighted by atomic mass is 9.95. The van der Waals surface area contributed by atoms with Gasteiger partial charge in [-0.05, 0) is 66.8 Å². The normalized spacial score (nSPS) is 19.3. The molecule has 0 aliphatic carbocycles. The summed E-state index contributed by atoms with van der Waals surface area (Å²) in [5, 5.41) is 4.59. The van der Waals surface area contributed by atoms with E-state index in [1.165, 1.54) is 6.07 Å². The van der Waals surface area contributed by atoms with Gasteiger partial charge >= 0.3 is 0 Å². The van der Waals surface area contributed by atoms with Crippen LogP contribution in [-0.4, -0.2) is 40.5 Å². The molecular formula is C26H26ClFN4O2. The molecule has 0 unspecified atom stereocenters. The number of rotatable bonds is 4. The maximum Gasteiger partial charge on any atom is 0.171 e. The van der Waals surface area contributed by atoms with E-state index in [0.717, 1.165) is 59.1 Å². The summed E-state index contributed by atoms with van der Waals surface area (Å²) >= 11 is 5.92. The molecule has 2 aliphatic rings. The summed E-state index contributed by atoms with van der Waals surface area (Å²) in [5.41, 5.74) is 4.84. The third kappa shape index (κ3) is 4.40. The van der Waals surface area contributed by atoms with Crippen molar-refractivity contribution in [3.8, 4) is 11.4 Å². The second-order valence-corrected chi connectivity index (χ2v) is 8.95. The number of aromatic nitrogens is 2. The number of hydrogen-bond donors (Lipinski definition) is 0. The van der Waals surface area contributed by atoms with E-state index in [-0.39, 0.29) is 11.1 Å². The Hall–Kier alpha value is -3.32. The molecule has 6 nitrogen and oxygen atoms in total. The Morgan fingerprint density at radius 3 is 2.88 bits per heavy atom. The van der Waals surface area contributed by atoms with Crippen LogP contribution in [0.2, 0.25) is 5.02 Å². The number of hydrogen-bond acceptors (Lipinski definition) is 5. The molecule has 3 aromatic rings. The summed E-state index contributed by atoms with van der Waals surface area (Å²) in [6, 6.07) is 11.1. The number of amidine groups is 1. The topological polar surface area (TPSA) is 51.9 Å². The van der Waals surface area contributed by atoms with Gasteiger partial charge in [-0.25, -0.2) is 9.37 Å². The fourth-order valence-corrected chi connectivity index (χ4v) is 4.76. The van der Waals surface area contributed by atoms with Gasteiger partial charge < -0.3 is 19.0 Å². The van der Waals surface area contributed by atoms with Gasteiger partial charge in [-0.1, -0.05) is 28.9 Å². The van der Waals surface area contributed by atoms with Gasteiger partial charge in [0.2, 0.25) is 0 Å². The number of oxime groups is 1. The van der Waals surface area contributed by atoms with Crippen LogP contribution >= 0.6 is 11.6 Å². The minimum atomic E-state index is -0.407. The monoisotopic (exact) mass is 480 g/mol. The summed E-state index contributed by atoms with van der Waals surface area (Å²) in [4.78, 5) is 12.1. The van der Waals surface area contributed by atoms with Gasteiger partial charge in [0, 0.05) is 19.2 Å². The zero-order chi connectivity index (χ0) is 23.7.